The van der Waals surface area contributed by atoms with Crippen LogP contribution in [0.2, 0.25) is 5.02 Å². The van der Waals surface area contributed by atoms with Crippen molar-refractivity contribution < 1.29 is 41.9 Å². The minimum Gasteiger partial charge on any atom is -0.460 e. The van der Waals surface area contributed by atoms with Crippen LogP contribution in [-0.2, 0) is 26.5 Å². The number of esters is 1. The van der Waals surface area contributed by atoms with E-state index in [1.807, 2.05) is 6.07 Å². The summed E-state index contributed by atoms with van der Waals surface area (Å²) in [4.78, 5) is 31.5. The van der Waals surface area contributed by atoms with Crippen LogP contribution in [0.5, 0.6) is 0 Å². The second kappa shape index (κ2) is 17.0. The zero-order valence-electron chi connectivity index (χ0n) is 28.6. The largest absolute Gasteiger partial charge is 0.460 e. The summed E-state index contributed by atoms with van der Waals surface area (Å²) in [6.07, 6.45) is 1.57. The monoisotopic (exact) mass is 768 g/mol. The van der Waals surface area contributed by atoms with Crippen LogP contribution >= 0.6 is 22.9 Å². The van der Waals surface area contributed by atoms with Crippen LogP contribution in [0.3, 0.4) is 0 Å². The highest BCUT2D eigenvalue weighted by atomic mass is 35.5. The second-order valence-electron chi connectivity index (χ2n) is 12.3. The number of anilines is 1. The molecule has 0 bridgehead atoms. The average Bonchev–Trinajstić information content (AvgIpc) is 3.84. The van der Waals surface area contributed by atoms with Gasteiger partial charge in [-0.2, -0.15) is 5.26 Å². The van der Waals surface area contributed by atoms with Gasteiger partial charge in [0.25, 0.3) is 6.33 Å². The number of benzene rings is 3. The Hall–Kier alpha value is -5.34. The van der Waals surface area contributed by atoms with E-state index in [9.17, 15) is 23.5 Å². The van der Waals surface area contributed by atoms with Gasteiger partial charge < -0.3 is 14.6 Å². The molecule has 1 amide bonds. The molecular weight excluding hydrogens is 735 g/mol. The first kappa shape index (κ1) is 38.9. The molecule has 17 heteroatoms. The number of halogens is 4. The molecule has 2 heterocycles. The summed E-state index contributed by atoms with van der Waals surface area (Å²) in [5.41, 5.74) is -0.613. The van der Waals surface area contributed by atoms with E-state index in [0.717, 1.165) is 11.3 Å². The van der Waals surface area contributed by atoms with Crippen LogP contribution in [0.25, 0.3) is 11.3 Å². The SMILES string of the molecule is C[C@H](c1nc(-c2ccc(C#N)cc2)cs1)[C@](O)(c1cc(F)c(F)cc1F)C(CCOC(=O)Nc1cc(Cl)ccc1COC(=O)CN(C)C)[n+]1cn[nH]c1. The van der Waals surface area contributed by atoms with Crippen molar-refractivity contribution in [2.24, 2.45) is 0 Å². The Morgan fingerprint density at radius 1 is 1.11 bits per heavy atom. The lowest BCUT2D eigenvalue weighted by Gasteiger charge is -2.39. The van der Waals surface area contributed by atoms with Gasteiger partial charge in [-0.15, -0.1) is 16.4 Å². The molecule has 0 aliphatic rings. The third-order valence-corrected chi connectivity index (χ3v) is 9.67. The predicted molar refractivity (Wildman–Crippen MR) is 188 cm³/mol. The molecule has 2 aromatic heterocycles. The van der Waals surface area contributed by atoms with Crippen LogP contribution in [0.1, 0.15) is 47.0 Å². The highest BCUT2D eigenvalue weighted by Crippen LogP contribution is 2.47. The number of nitrogens with one attached hydrogen (secondary N) is 2. The first-order chi connectivity index (χ1) is 25.3. The summed E-state index contributed by atoms with van der Waals surface area (Å²) < 4.78 is 56.9. The van der Waals surface area contributed by atoms with Gasteiger partial charge in [-0.3, -0.25) is 15.0 Å². The molecule has 3 aromatic carbocycles. The van der Waals surface area contributed by atoms with E-state index < -0.39 is 52.6 Å². The van der Waals surface area contributed by atoms with Gasteiger partial charge in [0.15, 0.2) is 11.6 Å². The molecule has 53 heavy (non-hydrogen) atoms. The third kappa shape index (κ3) is 9.18. The molecule has 0 radical (unpaired) electrons. The summed E-state index contributed by atoms with van der Waals surface area (Å²) in [5.74, 6) is -5.59. The van der Waals surface area contributed by atoms with Crippen molar-refractivity contribution in [1.29, 1.82) is 5.26 Å². The van der Waals surface area contributed by atoms with Crippen molar-refractivity contribution in [3.05, 3.63) is 117 Å². The Balaban J connectivity index is 1.42. The summed E-state index contributed by atoms with van der Waals surface area (Å²) in [5, 5.41) is 33.4. The predicted octanol–water partition coefficient (Wildman–Crippen LogP) is 6.24. The fourth-order valence-electron chi connectivity index (χ4n) is 5.72. The van der Waals surface area contributed by atoms with E-state index in [4.69, 9.17) is 26.3 Å². The molecule has 276 valence electrons. The topological polar surface area (TPSA) is 157 Å². The number of nitrogens with zero attached hydrogens (tertiary/aromatic N) is 5. The first-order valence-corrected chi connectivity index (χ1v) is 17.3. The van der Waals surface area contributed by atoms with E-state index in [2.05, 4.69) is 20.5 Å². The molecule has 0 spiro atoms. The van der Waals surface area contributed by atoms with Gasteiger partial charge >= 0.3 is 12.1 Å². The van der Waals surface area contributed by atoms with Crippen LogP contribution in [0.15, 0.2) is 72.6 Å². The number of carbonyl (C=O) groups excluding carboxylic acids is 2. The van der Waals surface area contributed by atoms with Gasteiger partial charge in [-0.1, -0.05) is 36.7 Å². The molecule has 3 N–H and O–H groups in total. The second-order valence-corrected chi connectivity index (χ2v) is 13.6. The molecule has 5 rings (SSSR count). The molecule has 5 aromatic rings. The van der Waals surface area contributed by atoms with Crippen molar-refractivity contribution in [3.63, 3.8) is 0 Å². The Bertz CT molecular complexity index is 2110. The highest BCUT2D eigenvalue weighted by molar-refractivity contribution is 7.10. The molecule has 1 unspecified atom stereocenters. The van der Waals surface area contributed by atoms with Gasteiger partial charge in [0.2, 0.25) is 6.33 Å². The molecular formula is C36H34ClF3N7O5S+. The number of carbonyl (C=O) groups is 2. The summed E-state index contributed by atoms with van der Waals surface area (Å²) in [6.45, 7) is 1.09. The number of nitriles is 1. The van der Waals surface area contributed by atoms with E-state index >= 15 is 4.39 Å². The van der Waals surface area contributed by atoms with Crippen molar-refractivity contribution in [2.75, 3.05) is 32.6 Å². The lowest BCUT2D eigenvalue weighted by atomic mass is 9.75. The number of H-pyrrole nitrogens is 1. The number of likely N-dealkylation sites (N-methyl/N-ethyl adjacent to an activating group) is 1. The maximum atomic E-state index is 15.7. The van der Waals surface area contributed by atoms with Crippen LogP contribution < -0.4 is 9.88 Å². The number of hydrogen-bond acceptors (Lipinski definition) is 10. The van der Waals surface area contributed by atoms with Gasteiger partial charge in [0, 0.05) is 50.6 Å². The van der Waals surface area contributed by atoms with Crippen LogP contribution in [0.4, 0.5) is 23.7 Å². The fourth-order valence-corrected chi connectivity index (χ4v) is 6.84. The minimum atomic E-state index is -2.34. The number of aliphatic hydroxyl groups is 1. The maximum Gasteiger partial charge on any atom is 0.411 e. The van der Waals surface area contributed by atoms with Crippen LogP contribution in [-0.4, -0.2) is 64.5 Å². The third-order valence-electron chi connectivity index (χ3n) is 8.41. The van der Waals surface area contributed by atoms with Crippen molar-refractivity contribution >= 4 is 40.7 Å². The minimum absolute atomic E-state index is 0.0501. The zero-order valence-corrected chi connectivity index (χ0v) is 30.2. The lowest BCUT2D eigenvalue weighted by Crippen LogP contribution is -2.54. The first-order valence-electron chi connectivity index (χ1n) is 16.1. The quantitative estimate of drug-likeness (QED) is 0.0676. The number of rotatable bonds is 14. The summed E-state index contributed by atoms with van der Waals surface area (Å²) in [7, 11) is 3.43. The molecule has 0 saturated heterocycles. The molecule has 12 nitrogen and oxygen atoms in total. The standard InChI is InChI=1S/C36H33ClF3N7O5S/c1-21(34-44-31(18-53-34)23-6-4-22(15-41)5-7-23)36(50,26-13-28(39)29(40)14-27(26)38)32(47-19-42-43-20-47)10-11-51-35(49)45-30-12-25(37)9-8-24(30)17-52-33(48)16-46(2)3/h4-9,12-14,18-21,32,50H,10-11,16-17H2,1-3H3,(H,45,49)/p+1/t21-,32?,36+/m1/s1. The highest BCUT2D eigenvalue weighted by Gasteiger charge is 2.50. The number of aromatic amines is 1. The number of ether oxygens (including phenoxy) is 2. The van der Waals surface area contributed by atoms with E-state index in [0.29, 0.717) is 39.5 Å². The zero-order chi connectivity index (χ0) is 38.3. The average molecular weight is 769 g/mol. The Morgan fingerprint density at radius 3 is 2.53 bits per heavy atom. The molecule has 0 aliphatic carbocycles. The number of aromatic nitrogens is 4. The smallest absolute Gasteiger partial charge is 0.411 e. The Morgan fingerprint density at radius 2 is 1.85 bits per heavy atom. The lowest BCUT2D eigenvalue weighted by molar-refractivity contribution is -0.741. The van der Waals surface area contributed by atoms with Gasteiger partial charge in [0.1, 0.15) is 24.1 Å². The normalized spacial score (nSPS) is 13.5. The molecule has 0 saturated carbocycles. The van der Waals surface area contributed by atoms with Crippen molar-refractivity contribution in [1.82, 2.24) is 20.1 Å². The Kier molecular flexibility index (Phi) is 12.5. The molecule has 0 fully saturated rings. The van der Waals surface area contributed by atoms with Gasteiger partial charge in [-0.05, 0) is 44.4 Å². The summed E-state index contributed by atoms with van der Waals surface area (Å²) >= 11 is 7.32. The Labute approximate surface area is 311 Å². The van der Waals surface area contributed by atoms with Gasteiger partial charge in [-0.25, -0.2) is 27.5 Å². The molecule has 0 aliphatic heterocycles. The molecule has 3 atom stereocenters. The van der Waals surface area contributed by atoms with Crippen molar-refractivity contribution in [2.45, 2.75) is 37.5 Å². The van der Waals surface area contributed by atoms with Gasteiger partial charge in [0.05, 0.1) is 41.2 Å². The van der Waals surface area contributed by atoms with E-state index in [1.54, 1.807) is 67.7 Å². The number of thiazole rings is 1. The maximum absolute atomic E-state index is 15.7. The fraction of sp³-hybridized carbons (Fsp3) is 0.278. The van der Waals surface area contributed by atoms with E-state index in [-0.39, 0.29) is 36.9 Å². The number of amides is 1. The van der Waals surface area contributed by atoms with Crippen molar-refractivity contribution in [3.8, 4) is 17.3 Å². The van der Waals surface area contributed by atoms with E-state index in [1.165, 1.54) is 23.3 Å². The summed E-state index contributed by atoms with van der Waals surface area (Å²) in [6, 6.07) is 13.1. The van der Waals surface area contributed by atoms with Crippen LogP contribution in [0, 0.1) is 28.8 Å². The number of hydrogen-bond donors (Lipinski definition) is 3.